The molecule has 3 fully saturated rings. The van der Waals surface area contributed by atoms with Gasteiger partial charge in [0.05, 0.1) is 23.7 Å². The molecule has 1 aliphatic heterocycles. The monoisotopic (exact) mass is 566 g/mol. The largest absolute Gasteiger partial charge is 0.458 e. The van der Waals surface area contributed by atoms with Crippen LogP contribution < -0.4 is 0 Å². The van der Waals surface area contributed by atoms with E-state index in [1.54, 1.807) is 7.11 Å². The highest BCUT2D eigenvalue weighted by Crippen LogP contribution is 2.67. The molecule has 1 heterocycles. The average Bonchev–Trinajstić information content (AvgIpc) is 3.19. The molecule has 39 heavy (non-hydrogen) atoms. The van der Waals surface area contributed by atoms with Crippen LogP contribution in [0, 0.1) is 40.4 Å². The van der Waals surface area contributed by atoms with Crippen LogP contribution in [0.15, 0.2) is 22.8 Å². The molecule has 0 aromatic heterocycles. The molecular formula is C29H42O9S. The zero-order valence-electron chi connectivity index (χ0n) is 23.4. The van der Waals surface area contributed by atoms with E-state index in [0.717, 1.165) is 43.3 Å². The third-order valence-corrected chi connectivity index (χ3v) is 11.8. The number of aliphatic hydroxyl groups is 1. The van der Waals surface area contributed by atoms with E-state index in [4.69, 9.17) is 18.2 Å². The van der Waals surface area contributed by atoms with E-state index in [-0.39, 0.29) is 60.7 Å². The second-order valence-electron chi connectivity index (χ2n) is 12.9. The zero-order valence-corrected chi connectivity index (χ0v) is 24.2. The van der Waals surface area contributed by atoms with E-state index >= 15 is 0 Å². The predicted molar refractivity (Wildman–Crippen MR) is 142 cm³/mol. The number of methoxy groups -OCH3 is 1. The molecule has 4 aliphatic carbocycles. The molecule has 0 aromatic carbocycles. The van der Waals surface area contributed by atoms with Crippen LogP contribution >= 0.6 is 0 Å². The summed E-state index contributed by atoms with van der Waals surface area (Å²) in [4.78, 5) is 26.3. The van der Waals surface area contributed by atoms with E-state index in [1.165, 1.54) is 0 Å². The Kier molecular flexibility index (Phi) is 7.68. The summed E-state index contributed by atoms with van der Waals surface area (Å²) in [6, 6.07) is 0. The summed E-state index contributed by atoms with van der Waals surface area (Å²) in [5, 5.41) is 10.6. The van der Waals surface area contributed by atoms with Gasteiger partial charge in [0, 0.05) is 32.5 Å². The highest BCUT2D eigenvalue weighted by Gasteiger charge is 2.62. The van der Waals surface area contributed by atoms with Crippen molar-refractivity contribution in [1.82, 2.24) is 0 Å². The zero-order chi connectivity index (χ0) is 28.3. The van der Waals surface area contributed by atoms with Gasteiger partial charge in [-0.3, -0.25) is 9.35 Å². The summed E-state index contributed by atoms with van der Waals surface area (Å²) in [6.07, 6.45) is 6.36. The Bertz CT molecular complexity index is 1190. The molecule has 10 heteroatoms. The Morgan fingerprint density at radius 3 is 2.51 bits per heavy atom. The van der Waals surface area contributed by atoms with Crippen molar-refractivity contribution >= 4 is 22.2 Å². The number of hydrogen-bond donors (Lipinski definition) is 2. The molecule has 9 nitrogen and oxygen atoms in total. The van der Waals surface area contributed by atoms with Crippen molar-refractivity contribution < 1.29 is 41.3 Å². The van der Waals surface area contributed by atoms with Crippen molar-refractivity contribution in [3.63, 3.8) is 0 Å². The lowest BCUT2D eigenvalue weighted by Crippen LogP contribution is -2.55. The van der Waals surface area contributed by atoms with Gasteiger partial charge in [0.25, 0.3) is 0 Å². The summed E-state index contributed by atoms with van der Waals surface area (Å²) in [6.45, 7) is 6.48. The van der Waals surface area contributed by atoms with Crippen molar-refractivity contribution in [3.05, 3.63) is 22.8 Å². The maximum absolute atomic E-state index is 13.5. The molecule has 0 aromatic rings. The van der Waals surface area contributed by atoms with Crippen LogP contribution in [0.25, 0.3) is 0 Å². The number of esters is 1. The second kappa shape index (κ2) is 10.4. The molecule has 9 atom stereocenters. The Morgan fingerprint density at radius 1 is 1.13 bits per heavy atom. The van der Waals surface area contributed by atoms with Gasteiger partial charge in [-0.2, -0.15) is 8.42 Å². The number of allylic oxidation sites excluding steroid dienone is 1. The maximum atomic E-state index is 13.5. The van der Waals surface area contributed by atoms with Crippen molar-refractivity contribution in [2.24, 2.45) is 40.4 Å². The Hall–Kier alpha value is -1.59. The summed E-state index contributed by atoms with van der Waals surface area (Å²) in [5.41, 5.74) is 1.77. The number of Topliss-reactive ketones (excluding diaryl/α,β-unsaturated/α-hetero) is 1. The minimum Gasteiger partial charge on any atom is -0.458 e. The van der Waals surface area contributed by atoms with Crippen molar-refractivity contribution in [1.29, 1.82) is 0 Å². The van der Waals surface area contributed by atoms with Gasteiger partial charge in [-0.25, -0.2) is 8.98 Å². The molecule has 218 valence electrons. The van der Waals surface area contributed by atoms with Gasteiger partial charge in [-0.1, -0.05) is 24.1 Å². The topological polar surface area (TPSA) is 136 Å². The van der Waals surface area contributed by atoms with E-state index < -0.39 is 21.9 Å². The van der Waals surface area contributed by atoms with Gasteiger partial charge >= 0.3 is 16.4 Å². The van der Waals surface area contributed by atoms with E-state index in [1.807, 2.05) is 13.8 Å². The number of fused-ring (bicyclic) bond motifs is 5. The number of cyclic esters (lactones) is 1. The average molecular weight is 567 g/mol. The number of aliphatic hydroxyl groups excluding tert-OH is 1. The van der Waals surface area contributed by atoms with Gasteiger partial charge in [-0.05, 0) is 81.5 Å². The molecule has 0 spiro atoms. The number of carbonyl (C=O) groups excluding carboxylic acids is 2. The first kappa shape index (κ1) is 28.9. The molecule has 0 radical (unpaired) electrons. The smallest absolute Gasteiger partial charge is 0.397 e. The van der Waals surface area contributed by atoms with Gasteiger partial charge in [0.15, 0.2) is 0 Å². The molecule has 0 unspecified atom stereocenters. The summed E-state index contributed by atoms with van der Waals surface area (Å²) >= 11 is 0. The standard InChI is InChI=1S/C29H42O9S/c1-16-11-25(37-27(32)21(16)15-36-4)20(14-30)23-8-7-22-19-6-5-17-12-18(38-39(33,34)35)13-26(31)29(17,3)24(19)9-10-28(22,23)2/h5,18-20,22-25,30H,6-15H2,1-4H3,(H,33,34,35)/t18-,19-,20-,22-,23+,24-,25+,28-,29-/m0/s1. The van der Waals surface area contributed by atoms with Crippen LogP contribution in [0.2, 0.25) is 0 Å². The Labute approximate surface area is 231 Å². The van der Waals surface area contributed by atoms with Crippen molar-refractivity contribution in [2.75, 3.05) is 20.3 Å². The molecule has 5 rings (SSSR count). The van der Waals surface area contributed by atoms with Crippen molar-refractivity contribution in [2.45, 2.75) is 84.3 Å². The predicted octanol–water partition coefficient (Wildman–Crippen LogP) is 3.82. The minimum absolute atomic E-state index is 0.0158. The highest BCUT2D eigenvalue weighted by atomic mass is 32.3. The number of hydrogen-bond acceptors (Lipinski definition) is 8. The molecule has 5 aliphatic rings. The summed E-state index contributed by atoms with van der Waals surface area (Å²) in [7, 11) is -3.07. The van der Waals surface area contributed by atoms with Crippen LogP contribution in [0.1, 0.15) is 72.1 Å². The lowest BCUT2D eigenvalue weighted by atomic mass is 9.46. The number of carbonyl (C=O) groups is 2. The first-order chi connectivity index (χ1) is 18.3. The molecule has 0 bridgehead atoms. The van der Waals surface area contributed by atoms with Crippen LogP contribution in [0.4, 0.5) is 0 Å². The maximum Gasteiger partial charge on any atom is 0.397 e. The number of rotatable bonds is 7. The number of ketones is 1. The quantitative estimate of drug-likeness (QED) is 0.268. The summed E-state index contributed by atoms with van der Waals surface area (Å²) < 4.78 is 47.6. The van der Waals surface area contributed by atoms with Gasteiger partial charge < -0.3 is 14.6 Å². The fourth-order valence-corrected chi connectivity index (χ4v) is 9.86. The molecule has 2 N–H and O–H groups in total. The Morgan fingerprint density at radius 2 is 1.87 bits per heavy atom. The third-order valence-electron chi connectivity index (χ3n) is 11.3. The first-order valence-corrected chi connectivity index (χ1v) is 15.6. The van der Waals surface area contributed by atoms with Crippen LogP contribution in [-0.4, -0.2) is 62.4 Å². The van der Waals surface area contributed by atoms with Crippen LogP contribution in [0.3, 0.4) is 0 Å². The van der Waals surface area contributed by atoms with E-state index in [0.29, 0.717) is 30.3 Å². The molecular weight excluding hydrogens is 524 g/mol. The van der Waals surface area contributed by atoms with Gasteiger partial charge in [-0.15, -0.1) is 0 Å². The summed E-state index contributed by atoms with van der Waals surface area (Å²) in [5.74, 6) is 0.541. The molecule has 0 saturated heterocycles. The minimum atomic E-state index is -4.63. The Balaban J connectivity index is 1.37. The SMILES string of the molecule is COCC1=C(C)C[C@H]([C@@H](CO)[C@H]2CC[C@H]3[C@@H]4CC=C5C[C@H](OS(=O)(=O)O)CC(=O)[C@]5(C)[C@H]4CC[C@]23C)OC1=O. The van der Waals surface area contributed by atoms with E-state index in [9.17, 15) is 23.1 Å². The normalized spacial score (nSPS) is 41.3. The fraction of sp³-hybridized carbons (Fsp3) is 0.793. The van der Waals surface area contributed by atoms with Gasteiger partial charge in [0.1, 0.15) is 11.9 Å². The number of ether oxygens (including phenoxy) is 2. The molecule has 3 saturated carbocycles. The van der Waals surface area contributed by atoms with Gasteiger partial charge in [0.2, 0.25) is 0 Å². The second-order valence-corrected chi connectivity index (χ2v) is 14.0. The first-order valence-electron chi connectivity index (χ1n) is 14.2. The lowest BCUT2D eigenvalue weighted by Gasteiger charge is -2.57. The van der Waals surface area contributed by atoms with Crippen molar-refractivity contribution in [3.8, 4) is 0 Å². The van der Waals surface area contributed by atoms with Crippen LogP contribution in [0.5, 0.6) is 0 Å². The highest BCUT2D eigenvalue weighted by molar-refractivity contribution is 7.80. The fourth-order valence-electron chi connectivity index (χ4n) is 9.38. The third kappa shape index (κ3) is 4.84. The van der Waals surface area contributed by atoms with Crippen LogP contribution in [-0.2, 0) is 33.6 Å². The lowest BCUT2D eigenvalue weighted by molar-refractivity contribution is -0.155. The molecule has 0 amide bonds. The van der Waals surface area contributed by atoms with E-state index in [2.05, 4.69) is 13.0 Å².